The van der Waals surface area contributed by atoms with E-state index >= 15 is 0 Å². The number of ether oxygens (including phenoxy) is 1. The van der Waals surface area contributed by atoms with Crippen LogP contribution in [0.25, 0.3) is 10.9 Å². The summed E-state index contributed by atoms with van der Waals surface area (Å²) in [6.07, 6.45) is 0. The van der Waals surface area contributed by atoms with Gasteiger partial charge in [-0.05, 0) is 12.1 Å². The molecule has 0 aliphatic carbocycles. The Hall–Kier alpha value is -1.65. The summed E-state index contributed by atoms with van der Waals surface area (Å²) in [6.45, 7) is 8.62. The molecule has 0 saturated carbocycles. The highest BCUT2D eigenvalue weighted by molar-refractivity contribution is 5.92. The van der Waals surface area contributed by atoms with Crippen LogP contribution in [0.4, 0.5) is 5.69 Å². The maximum atomic E-state index is 5.47. The summed E-state index contributed by atoms with van der Waals surface area (Å²) >= 11 is 0. The Morgan fingerprint density at radius 3 is 2.76 bits per heavy atom. The van der Waals surface area contributed by atoms with E-state index in [9.17, 15) is 0 Å². The second kappa shape index (κ2) is 6.41. The molecule has 4 nitrogen and oxygen atoms in total. The minimum Gasteiger partial charge on any atom is -0.378 e. The summed E-state index contributed by atoms with van der Waals surface area (Å²) in [5, 5.41) is 4.68. The molecule has 0 amide bonds. The number of para-hydroxylation sites is 1. The van der Waals surface area contributed by atoms with Crippen molar-refractivity contribution in [1.82, 2.24) is 10.3 Å². The van der Waals surface area contributed by atoms with Gasteiger partial charge in [0, 0.05) is 36.7 Å². The summed E-state index contributed by atoms with van der Waals surface area (Å²) in [7, 11) is 0. The molecular formula is C17H23N3O. The standard InChI is InChI=1S/C17H23N3O/c1-13(2)18-12-14-11-17(20-7-9-21-10-8-20)15-5-3-4-6-16(15)19-14/h3-6,11,13,18H,7-10,12H2,1-2H3. The molecule has 1 N–H and O–H groups in total. The van der Waals surface area contributed by atoms with Crippen molar-refractivity contribution in [1.29, 1.82) is 0 Å². The van der Waals surface area contributed by atoms with Crippen LogP contribution in [-0.4, -0.2) is 37.3 Å². The maximum absolute atomic E-state index is 5.47. The van der Waals surface area contributed by atoms with E-state index in [1.807, 2.05) is 0 Å². The Kier molecular flexibility index (Phi) is 4.36. The highest BCUT2D eigenvalue weighted by Gasteiger charge is 2.15. The first-order valence-corrected chi connectivity index (χ1v) is 7.69. The van der Waals surface area contributed by atoms with Gasteiger partial charge in [-0.3, -0.25) is 4.98 Å². The molecule has 112 valence electrons. The zero-order valence-corrected chi connectivity index (χ0v) is 12.8. The number of rotatable bonds is 4. The van der Waals surface area contributed by atoms with Gasteiger partial charge in [0.1, 0.15) is 0 Å². The van der Waals surface area contributed by atoms with Gasteiger partial charge in [-0.25, -0.2) is 0 Å². The molecule has 1 aliphatic rings. The van der Waals surface area contributed by atoms with Crippen LogP contribution in [0.2, 0.25) is 0 Å². The molecule has 0 atom stereocenters. The molecule has 1 fully saturated rings. The van der Waals surface area contributed by atoms with Crippen LogP contribution in [-0.2, 0) is 11.3 Å². The van der Waals surface area contributed by atoms with E-state index in [1.54, 1.807) is 0 Å². The number of hydrogen-bond donors (Lipinski definition) is 1. The molecule has 21 heavy (non-hydrogen) atoms. The second-order valence-corrected chi connectivity index (χ2v) is 5.78. The van der Waals surface area contributed by atoms with Gasteiger partial charge in [0.2, 0.25) is 0 Å². The first-order valence-electron chi connectivity index (χ1n) is 7.69. The summed E-state index contributed by atoms with van der Waals surface area (Å²) in [5.41, 5.74) is 3.45. The smallest absolute Gasteiger partial charge is 0.0726 e. The Morgan fingerprint density at radius 2 is 2.00 bits per heavy atom. The summed E-state index contributed by atoms with van der Waals surface area (Å²) < 4.78 is 5.47. The Balaban J connectivity index is 1.98. The third-order valence-electron chi connectivity index (χ3n) is 3.79. The average molecular weight is 285 g/mol. The van der Waals surface area contributed by atoms with E-state index in [2.05, 4.69) is 54.4 Å². The van der Waals surface area contributed by atoms with Crippen LogP contribution in [0.15, 0.2) is 30.3 Å². The summed E-state index contributed by atoms with van der Waals surface area (Å²) in [5.74, 6) is 0. The summed E-state index contributed by atoms with van der Waals surface area (Å²) in [4.78, 5) is 7.19. The number of pyridine rings is 1. The highest BCUT2D eigenvalue weighted by atomic mass is 16.5. The number of morpholine rings is 1. The largest absolute Gasteiger partial charge is 0.378 e. The number of nitrogens with zero attached hydrogens (tertiary/aromatic N) is 2. The number of anilines is 1. The number of fused-ring (bicyclic) bond motifs is 1. The SMILES string of the molecule is CC(C)NCc1cc(N2CCOCC2)c2ccccc2n1. The third kappa shape index (κ3) is 3.34. The van der Waals surface area contributed by atoms with Gasteiger partial charge in [-0.15, -0.1) is 0 Å². The number of nitrogens with one attached hydrogen (secondary N) is 1. The van der Waals surface area contributed by atoms with E-state index in [4.69, 9.17) is 9.72 Å². The number of benzene rings is 1. The fraction of sp³-hybridized carbons (Fsp3) is 0.471. The van der Waals surface area contributed by atoms with E-state index in [1.165, 1.54) is 11.1 Å². The first-order chi connectivity index (χ1) is 10.2. The van der Waals surface area contributed by atoms with Crippen molar-refractivity contribution in [3.8, 4) is 0 Å². The monoisotopic (exact) mass is 285 g/mol. The Morgan fingerprint density at radius 1 is 1.24 bits per heavy atom. The van der Waals surface area contributed by atoms with Crippen molar-refractivity contribution in [2.45, 2.75) is 26.4 Å². The maximum Gasteiger partial charge on any atom is 0.0726 e. The van der Waals surface area contributed by atoms with Crippen LogP contribution in [0.1, 0.15) is 19.5 Å². The van der Waals surface area contributed by atoms with E-state index < -0.39 is 0 Å². The predicted octanol–water partition coefficient (Wildman–Crippen LogP) is 2.57. The fourth-order valence-corrected chi connectivity index (χ4v) is 2.68. The average Bonchev–Trinajstić information content (AvgIpc) is 2.53. The molecule has 1 aromatic carbocycles. The molecule has 0 radical (unpaired) electrons. The van der Waals surface area contributed by atoms with Crippen molar-refractivity contribution in [2.75, 3.05) is 31.2 Å². The molecule has 2 heterocycles. The van der Waals surface area contributed by atoms with Crippen molar-refractivity contribution in [3.63, 3.8) is 0 Å². The van der Waals surface area contributed by atoms with Gasteiger partial charge in [0.15, 0.2) is 0 Å². The molecule has 0 unspecified atom stereocenters. The first kappa shape index (κ1) is 14.3. The van der Waals surface area contributed by atoms with Crippen LogP contribution in [0.5, 0.6) is 0 Å². The van der Waals surface area contributed by atoms with E-state index in [0.717, 1.165) is 44.1 Å². The van der Waals surface area contributed by atoms with Crippen molar-refractivity contribution < 1.29 is 4.74 Å². The minimum absolute atomic E-state index is 0.463. The van der Waals surface area contributed by atoms with Crippen molar-refractivity contribution in [2.24, 2.45) is 0 Å². The molecule has 1 saturated heterocycles. The molecule has 4 heteroatoms. The highest BCUT2D eigenvalue weighted by Crippen LogP contribution is 2.27. The molecule has 1 aliphatic heterocycles. The zero-order chi connectivity index (χ0) is 14.7. The van der Waals surface area contributed by atoms with Crippen LogP contribution in [0.3, 0.4) is 0 Å². The lowest BCUT2D eigenvalue weighted by Gasteiger charge is -2.30. The molecule has 0 bridgehead atoms. The fourth-order valence-electron chi connectivity index (χ4n) is 2.68. The lowest BCUT2D eigenvalue weighted by atomic mass is 10.1. The molecule has 2 aromatic rings. The molecule has 0 spiro atoms. The summed E-state index contributed by atoms with van der Waals surface area (Å²) in [6, 6.07) is 11.1. The van der Waals surface area contributed by atoms with Crippen molar-refractivity contribution >= 4 is 16.6 Å². The predicted molar refractivity (Wildman–Crippen MR) is 86.8 cm³/mol. The topological polar surface area (TPSA) is 37.4 Å². The quantitative estimate of drug-likeness (QED) is 0.937. The van der Waals surface area contributed by atoms with Gasteiger partial charge < -0.3 is 15.0 Å². The molecular weight excluding hydrogens is 262 g/mol. The minimum atomic E-state index is 0.463. The lowest BCUT2D eigenvalue weighted by molar-refractivity contribution is 0.123. The molecule has 1 aromatic heterocycles. The van der Waals surface area contributed by atoms with Gasteiger partial charge in [-0.2, -0.15) is 0 Å². The van der Waals surface area contributed by atoms with Gasteiger partial charge in [0.25, 0.3) is 0 Å². The zero-order valence-electron chi connectivity index (χ0n) is 12.8. The van der Waals surface area contributed by atoms with Crippen LogP contribution >= 0.6 is 0 Å². The second-order valence-electron chi connectivity index (χ2n) is 5.78. The normalized spacial score (nSPS) is 15.9. The number of aromatic nitrogens is 1. The Bertz CT molecular complexity index is 606. The van der Waals surface area contributed by atoms with Gasteiger partial charge in [0.05, 0.1) is 24.4 Å². The van der Waals surface area contributed by atoms with Crippen molar-refractivity contribution in [3.05, 3.63) is 36.0 Å². The Labute approximate surface area is 126 Å². The number of hydrogen-bond acceptors (Lipinski definition) is 4. The van der Waals surface area contributed by atoms with Gasteiger partial charge >= 0.3 is 0 Å². The third-order valence-corrected chi connectivity index (χ3v) is 3.79. The van der Waals surface area contributed by atoms with Gasteiger partial charge in [-0.1, -0.05) is 32.0 Å². The van der Waals surface area contributed by atoms with E-state index in [-0.39, 0.29) is 0 Å². The lowest BCUT2D eigenvalue weighted by Crippen LogP contribution is -2.36. The van der Waals surface area contributed by atoms with Crippen LogP contribution < -0.4 is 10.2 Å². The molecule has 3 rings (SSSR count). The van der Waals surface area contributed by atoms with Crippen LogP contribution in [0, 0.1) is 0 Å². The van der Waals surface area contributed by atoms with E-state index in [0.29, 0.717) is 6.04 Å².